The molecule has 0 spiro atoms. The number of hydrogen-bond acceptors (Lipinski definition) is 4. The van der Waals surface area contributed by atoms with Crippen molar-refractivity contribution in [2.45, 2.75) is 44.0 Å². The average molecular weight is 476 g/mol. The number of hydrogen-bond donors (Lipinski definition) is 1. The molecule has 1 N–H and O–H groups in total. The van der Waals surface area contributed by atoms with Crippen LogP contribution in [0.3, 0.4) is 0 Å². The Balaban J connectivity index is 1.40. The molecule has 4 aromatic rings. The Morgan fingerprint density at radius 2 is 1.33 bits per heavy atom. The molecule has 0 saturated carbocycles. The van der Waals surface area contributed by atoms with Crippen LogP contribution in [0.15, 0.2) is 70.5 Å². The van der Waals surface area contributed by atoms with Crippen molar-refractivity contribution in [3.8, 4) is 0 Å². The number of H-pyrrole nitrogens is 1. The van der Waals surface area contributed by atoms with Crippen LogP contribution in [0.5, 0.6) is 0 Å². The van der Waals surface area contributed by atoms with E-state index in [1.165, 1.54) is 32.0 Å². The summed E-state index contributed by atoms with van der Waals surface area (Å²) < 4.78 is 0. The fourth-order valence-electron chi connectivity index (χ4n) is 4.05. The number of rotatable bonds is 10. The standard InChI is InChI=1S/C28H33N3S2/c1-20-9-11-26(22(3)17-20)32-15-13-31(14-16-33-27-12-10-21(2)18-23(27)4)19-28-29-24-7-5-6-8-25(24)30-28/h5-12,17-18H,13-16,19H2,1-4H3,(H,29,30). The Hall–Kier alpha value is -2.21. The fraction of sp³-hybridized carbons (Fsp3) is 0.321. The summed E-state index contributed by atoms with van der Waals surface area (Å²) in [5.41, 5.74) is 7.55. The van der Waals surface area contributed by atoms with Crippen LogP contribution in [0.25, 0.3) is 11.0 Å². The number of para-hydroxylation sites is 2. The summed E-state index contributed by atoms with van der Waals surface area (Å²) in [6, 6.07) is 21.8. The molecule has 0 aliphatic carbocycles. The molecule has 1 heterocycles. The number of aryl methyl sites for hydroxylation is 4. The number of aromatic amines is 1. The van der Waals surface area contributed by atoms with E-state index in [4.69, 9.17) is 4.98 Å². The van der Waals surface area contributed by atoms with E-state index >= 15 is 0 Å². The van der Waals surface area contributed by atoms with Gasteiger partial charge in [0.15, 0.2) is 0 Å². The van der Waals surface area contributed by atoms with Gasteiger partial charge in [0.05, 0.1) is 17.6 Å². The van der Waals surface area contributed by atoms with Gasteiger partial charge in [-0.3, -0.25) is 4.90 Å². The number of nitrogens with zero attached hydrogens (tertiary/aromatic N) is 2. The third-order valence-electron chi connectivity index (χ3n) is 5.80. The number of benzene rings is 3. The zero-order valence-electron chi connectivity index (χ0n) is 20.0. The number of fused-ring (bicyclic) bond motifs is 1. The van der Waals surface area contributed by atoms with Crippen LogP contribution in [-0.2, 0) is 6.54 Å². The van der Waals surface area contributed by atoms with Crippen molar-refractivity contribution in [3.63, 3.8) is 0 Å². The maximum absolute atomic E-state index is 4.82. The first-order chi connectivity index (χ1) is 16.0. The van der Waals surface area contributed by atoms with Crippen molar-refractivity contribution >= 4 is 34.6 Å². The molecule has 0 amide bonds. The predicted molar refractivity (Wildman–Crippen MR) is 145 cm³/mol. The van der Waals surface area contributed by atoms with Gasteiger partial charge in [-0.25, -0.2) is 4.98 Å². The largest absolute Gasteiger partial charge is 0.341 e. The fourth-order valence-corrected chi connectivity index (χ4v) is 6.09. The van der Waals surface area contributed by atoms with Gasteiger partial charge in [0.2, 0.25) is 0 Å². The summed E-state index contributed by atoms with van der Waals surface area (Å²) in [7, 11) is 0. The first-order valence-electron chi connectivity index (χ1n) is 11.5. The van der Waals surface area contributed by atoms with Crippen LogP contribution in [0.1, 0.15) is 28.1 Å². The van der Waals surface area contributed by atoms with Crippen molar-refractivity contribution in [2.24, 2.45) is 0 Å². The normalized spacial score (nSPS) is 11.5. The van der Waals surface area contributed by atoms with Gasteiger partial charge in [0.1, 0.15) is 5.82 Å². The topological polar surface area (TPSA) is 31.9 Å². The van der Waals surface area contributed by atoms with Crippen LogP contribution in [0.4, 0.5) is 0 Å². The third-order valence-corrected chi connectivity index (χ3v) is 8.11. The van der Waals surface area contributed by atoms with Crippen LogP contribution in [-0.4, -0.2) is 39.5 Å². The highest BCUT2D eigenvalue weighted by Crippen LogP contribution is 2.25. The molecular formula is C28H33N3S2. The Kier molecular flexibility index (Phi) is 8.18. The van der Waals surface area contributed by atoms with Gasteiger partial charge >= 0.3 is 0 Å². The second kappa shape index (κ2) is 11.3. The van der Waals surface area contributed by atoms with E-state index in [-0.39, 0.29) is 0 Å². The van der Waals surface area contributed by atoms with Gasteiger partial charge in [0, 0.05) is 34.4 Å². The molecular weight excluding hydrogens is 442 g/mol. The molecule has 4 rings (SSSR count). The SMILES string of the molecule is Cc1ccc(SCCN(CCSc2ccc(C)cc2C)Cc2nc3ccccc3[nH]2)c(C)c1. The lowest BCUT2D eigenvalue weighted by molar-refractivity contribution is 0.294. The zero-order valence-corrected chi connectivity index (χ0v) is 21.7. The maximum Gasteiger partial charge on any atom is 0.121 e. The predicted octanol–water partition coefficient (Wildman–Crippen LogP) is 7.18. The maximum atomic E-state index is 4.82. The molecule has 3 aromatic carbocycles. The van der Waals surface area contributed by atoms with Gasteiger partial charge in [-0.2, -0.15) is 0 Å². The minimum absolute atomic E-state index is 0.843. The lowest BCUT2D eigenvalue weighted by Gasteiger charge is -2.21. The summed E-state index contributed by atoms with van der Waals surface area (Å²) in [6.07, 6.45) is 0. The van der Waals surface area contributed by atoms with E-state index in [0.29, 0.717) is 0 Å². The summed E-state index contributed by atoms with van der Waals surface area (Å²) in [4.78, 5) is 13.6. The van der Waals surface area contributed by atoms with Crippen molar-refractivity contribution < 1.29 is 0 Å². The Morgan fingerprint density at radius 3 is 1.88 bits per heavy atom. The quantitative estimate of drug-likeness (QED) is 0.246. The van der Waals surface area contributed by atoms with Crippen molar-refractivity contribution in [1.82, 2.24) is 14.9 Å². The summed E-state index contributed by atoms with van der Waals surface area (Å²) in [5, 5.41) is 0. The van der Waals surface area contributed by atoms with Crippen LogP contribution in [0, 0.1) is 27.7 Å². The van der Waals surface area contributed by atoms with Gasteiger partial charge in [-0.15, -0.1) is 23.5 Å². The minimum Gasteiger partial charge on any atom is -0.341 e. The number of imidazole rings is 1. The van der Waals surface area contributed by atoms with Crippen molar-refractivity contribution in [2.75, 3.05) is 24.6 Å². The second-order valence-electron chi connectivity index (χ2n) is 8.71. The first kappa shape index (κ1) is 23.9. The lowest BCUT2D eigenvalue weighted by atomic mass is 10.2. The smallest absolute Gasteiger partial charge is 0.121 e. The molecule has 0 aliphatic rings. The molecule has 33 heavy (non-hydrogen) atoms. The average Bonchev–Trinajstić information content (AvgIpc) is 3.19. The Morgan fingerprint density at radius 1 is 0.758 bits per heavy atom. The monoisotopic (exact) mass is 475 g/mol. The zero-order chi connectivity index (χ0) is 23.2. The van der Waals surface area contributed by atoms with E-state index in [1.807, 2.05) is 29.6 Å². The second-order valence-corrected chi connectivity index (χ2v) is 11.0. The van der Waals surface area contributed by atoms with E-state index in [1.54, 1.807) is 0 Å². The Bertz CT molecular complexity index is 1120. The van der Waals surface area contributed by atoms with E-state index < -0.39 is 0 Å². The summed E-state index contributed by atoms with van der Waals surface area (Å²) in [6.45, 7) is 11.6. The molecule has 0 fully saturated rings. The molecule has 1 aromatic heterocycles. The highest BCUT2D eigenvalue weighted by molar-refractivity contribution is 7.99. The van der Waals surface area contributed by atoms with Crippen molar-refractivity contribution in [1.29, 1.82) is 0 Å². The minimum atomic E-state index is 0.843. The van der Waals surface area contributed by atoms with Crippen LogP contribution >= 0.6 is 23.5 Å². The first-order valence-corrected chi connectivity index (χ1v) is 13.5. The highest BCUT2D eigenvalue weighted by atomic mass is 32.2. The van der Waals surface area contributed by atoms with Gasteiger partial charge in [-0.05, 0) is 63.1 Å². The van der Waals surface area contributed by atoms with Crippen LogP contribution < -0.4 is 0 Å². The molecule has 3 nitrogen and oxygen atoms in total. The van der Waals surface area contributed by atoms with Gasteiger partial charge in [-0.1, -0.05) is 47.5 Å². The summed E-state index contributed by atoms with van der Waals surface area (Å²) >= 11 is 3.91. The number of aromatic nitrogens is 2. The van der Waals surface area contributed by atoms with Crippen LogP contribution in [0.2, 0.25) is 0 Å². The third kappa shape index (κ3) is 6.66. The molecule has 172 valence electrons. The van der Waals surface area contributed by atoms with E-state index in [9.17, 15) is 0 Å². The number of nitrogens with one attached hydrogen (secondary N) is 1. The molecule has 0 saturated heterocycles. The molecule has 0 bridgehead atoms. The molecule has 0 unspecified atom stereocenters. The van der Waals surface area contributed by atoms with Gasteiger partial charge in [0.25, 0.3) is 0 Å². The van der Waals surface area contributed by atoms with E-state index in [0.717, 1.165) is 48.0 Å². The Labute approximate surface area is 206 Å². The number of thioether (sulfide) groups is 2. The molecule has 5 heteroatoms. The molecule has 0 radical (unpaired) electrons. The lowest BCUT2D eigenvalue weighted by Crippen LogP contribution is -2.28. The van der Waals surface area contributed by atoms with Crippen molar-refractivity contribution in [3.05, 3.63) is 88.7 Å². The molecule has 0 atom stereocenters. The van der Waals surface area contributed by atoms with E-state index in [2.05, 4.69) is 92.2 Å². The highest BCUT2D eigenvalue weighted by Gasteiger charge is 2.11. The van der Waals surface area contributed by atoms with Gasteiger partial charge < -0.3 is 4.98 Å². The molecule has 0 aliphatic heterocycles. The summed E-state index contributed by atoms with van der Waals surface area (Å²) in [5.74, 6) is 3.18.